The smallest absolute Gasteiger partial charge is 0.324 e. The fourth-order valence-corrected chi connectivity index (χ4v) is 3.89. The van der Waals surface area contributed by atoms with Gasteiger partial charge >= 0.3 is 6.01 Å². The molecular formula is C21H33N7O2. The lowest BCUT2D eigenvalue weighted by Crippen LogP contribution is -2.36. The summed E-state index contributed by atoms with van der Waals surface area (Å²) in [4.78, 5) is 22.8. The minimum atomic E-state index is -0.326. The van der Waals surface area contributed by atoms with Crippen LogP contribution < -0.4 is 21.5 Å². The molecule has 164 valence electrons. The topological polar surface area (TPSA) is 122 Å². The molecule has 1 unspecified atom stereocenters. The van der Waals surface area contributed by atoms with Crippen LogP contribution in [0.1, 0.15) is 67.8 Å². The minimum Gasteiger partial charge on any atom is -0.370 e. The molecule has 30 heavy (non-hydrogen) atoms. The van der Waals surface area contributed by atoms with Crippen LogP contribution in [0.15, 0.2) is 16.7 Å². The van der Waals surface area contributed by atoms with Crippen molar-refractivity contribution in [2.24, 2.45) is 17.7 Å². The predicted octanol–water partition coefficient (Wildman–Crippen LogP) is 2.85. The second-order valence-corrected chi connectivity index (χ2v) is 8.41. The molecule has 1 saturated heterocycles. The Morgan fingerprint density at radius 3 is 2.60 bits per heavy atom. The van der Waals surface area contributed by atoms with E-state index in [2.05, 4.69) is 51.5 Å². The predicted molar refractivity (Wildman–Crippen MR) is 116 cm³/mol. The molecule has 9 heteroatoms. The van der Waals surface area contributed by atoms with Crippen molar-refractivity contribution in [2.75, 3.05) is 29.9 Å². The number of piperidine rings is 1. The second-order valence-electron chi connectivity index (χ2n) is 8.41. The van der Waals surface area contributed by atoms with Crippen molar-refractivity contribution < 1.29 is 9.32 Å². The number of aryl methyl sites for hydroxylation is 1. The van der Waals surface area contributed by atoms with Gasteiger partial charge in [-0.25, -0.2) is 10.8 Å². The highest BCUT2D eigenvalue weighted by molar-refractivity contribution is 5.94. The molecule has 9 nitrogen and oxygen atoms in total. The maximum absolute atomic E-state index is 11.7. The van der Waals surface area contributed by atoms with Crippen molar-refractivity contribution in [1.29, 1.82) is 0 Å². The number of carbonyl (C=O) groups excluding carboxylic acids is 1. The van der Waals surface area contributed by atoms with E-state index in [-0.39, 0.29) is 11.8 Å². The summed E-state index contributed by atoms with van der Waals surface area (Å²) >= 11 is 0. The van der Waals surface area contributed by atoms with Crippen molar-refractivity contribution in [2.45, 2.75) is 52.9 Å². The Labute approximate surface area is 177 Å². The number of nitrogens with zero attached hydrogens (tertiary/aromatic N) is 4. The molecule has 2 aromatic rings. The summed E-state index contributed by atoms with van der Waals surface area (Å²) in [5.41, 5.74) is 3.29. The van der Waals surface area contributed by atoms with Gasteiger partial charge in [0.15, 0.2) is 5.82 Å². The highest BCUT2D eigenvalue weighted by Gasteiger charge is 2.26. The molecule has 1 atom stereocenters. The number of rotatable bonds is 8. The molecule has 4 N–H and O–H groups in total. The number of pyridine rings is 1. The fraction of sp³-hybridized carbons (Fsp3) is 0.619. The van der Waals surface area contributed by atoms with Crippen LogP contribution in [0.4, 0.5) is 11.8 Å². The Morgan fingerprint density at radius 2 is 2.00 bits per heavy atom. The van der Waals surface area contributed by atoms with Gasteiger partial charge in [0.25, 0.3) is 5.91 Å². The normalized spacial score (nSPS) is 16.0. The number of aromatic nitrogens is 3. The quantitative estimate of drug-likeness (QED) is 0.342. The standard InChI is InChI=1S/C21H33N7O2/c1-13(2)19-25-21(30-27-19)28-11-8-16(9-12-28)14(3)7-10-23-18-6-5-17(15(4)24-18)20(29)26-22/h5-6,13-14,16H,7-12,22H2,1-4H3,(H,23,24)(H,26,29). The first kappa shape index (κ1) is 22.0. The third kappa shape index (κ3) is 5.27. The van der Waals surface area contributed by atoms with Gasteiger partial charge in [-0.1, -0.05) is 25.9 Å². The average Bonchev–Trinajstić information content (AvgIpc) is 3.24. The summed E-state index contributed by atoms with van der Waals surface area (Å²) < 4.78 is 5.43. The van der Waals surface area contributed by atoms with E-state index in [0.29, 0.717) is 29.1 Å². The number of anilines is 2. The lowest BCUT2D eigenvalue weighted by atomic mass is 9.83. The number of hydrogen-bond acceptors (Lipinski definition) is 8. The zero-order valence-electron chi connectivity index (χ0n) is 18.3. The average molecular weight is 416 g/mol. The first-order valence-electron chi connectivity index (χ1n) is 10.7. The van der Waals surface area contributed by atoms with E-state index in [1.807, 2.05) is 6.07 Å². The maximum atomic E-state index is 11.7. The molecule has 2 aromatic heterocycles. The molecule has 0 radical (unpaired) electrons. The van der Waals surface area contributed by atoms with Crippen LogP contribution in [-0.4, -0.2) is 40.7 Å². The number of hydrazine groups is 1. The molecular weight excluding hydrogens is 382 g/mol. The molecule has 0 saturated carbocycles. The van der Waals surface area contributed by atoms with Gasteiger partial charge in [-0.2, -0.15) is 4.98 Å². The molecule has 1 aliphatic heterocycles. The van der Waals surface area contributed by atoms with Crippen molar-refractivity contribution in [1.82, 2.24) is 20.6 Å². The highest BCUT2D eigenvalue weighted by Crippen LogP contribution is 2.29. The number of nitrogens with two attached hydrogens (primary N) is 1. The maximum Gasteiger partial charge on any atom is 0.324 e. The first-order valence-corrected chi connectivity index (χ1v) is 10.7. The van der Waals surface area contributed by atoms with Gasteiger partial charge in [0.05, 0.1) is 11.3 Å². The zero-order chi connectivity index (χ0) is 21.7. The van der Waals surface area contributed by atoms with Gasteiger partial charge in [0.2, 0.25) is 0 Å². The SMILES string of the molecule is Cc1nc(NCCC(C)C2CCN(c3nc(C(C)C)no3)CC2)ccc1C(=O)NN. The molecule has 0 spiro atoms. The van der Waals surface area contributed by atoms with Crippen molar-refractivity contribution in [3.8, 4) is 0 Å². The molecule has 3 heterocycles. The Morgan fingerprint density at radius 1 is 1.27 bits per heavy atom. The van der Waals surface area contributed by atoms with E-state index in [1.165, 1.54) is 0 Å². The van der Waals surface area contributed by atoms with Crippen molar-refractivity contribution >= 4 is 17.7 Å². The van der Waals surface area contributed by atoms with Gasteiger partial charge in [0, 0.05) is 25.6 Å². The van der Waals surface area contributed by atoms with Crippen LogP contribution >= 0.6 is 0 Å². The molecule has 3 rings (SSSR count). The third-order valence-electron chi connectivity index (χ3n) is 5.93. The molecule has 1 aliphatic rings. The van der Waals surface area contributed by atoms with E-state index in [0.717, 1.165) is 50.5 Å². The van der Waals surface area contributed by atoms with Gasteiger partial charge < -0.3 is 14.7 Å². The van der Waals surface area contributed by atoms with E-state index in [9.17, 15) is 4.79 Å². The molecule has 0 aromatic carbocycles. The molecule has 1 fully saturated rings. The van der Waals surface area contributed by atoms with E-state index in [1.54, 1.807) is 13.0 Å². The zero-order valence-corrected chi connectivity index (χ0v) is 18.3. The lowest BCUT2D eigenvalue weighted by Gasteiger charge is -2.33. The number of nitrogen functional groups attached to an aromatic ring is 1. The summed E-state index contributed by atoms with van der Waals surface area (Å²) in [5.74, 6) is 7.98. The van der Waals surface area contributed by atoms with Crippen LogP contribution in [0, 0.1) is 18.8 Å². The Bertz CT molecular complexity index is 844. The molecule has 0 aliphatic carbocycles. The van der Waals surface area contributed by atoms with Crippen LogP contribution in [0.25, 0.3) is 0 Å². The summed E-state index contributed by atoms with van der Waals surface area (Å²) in [7, 11) is 0. The summed E-state index contributed by atoms with van der Waals surface area (Å²) in [5, 5.41) is 7.44. The Balaban J connectivity index is 1.43. The number of carbonyl (C=O) groups is 1. The van der Waals surface area contributed by atoms with Gasteiger partial charge in [-0.3, -0.25) is 10.2 Å². The number of hydrogen-bond donors (Lipinski definition) is 3. The van der Waals surface area contributed by atoms with E-state index < -0.39 is 0 Å². The highest BCUT2D eigenvalue weighted by atomic mass is 16.5. The van der Waals surface area contributed by atoms with E-state index in [4.69, 9.17) is 10.4 Å². The molecule has 1 amide bonds. The minimum absolute atomic E-state index is 0.278. The second kappa shape index (κ2) is 9.88. The van der Waals surface area contributed by atoms with Crippen LogP contribution in [0.2, 0.25) is 0 Å². The fourth-order valence-electron chi connectivity index (χ4n) is 3.89. The summed E-state index contributed by atoms with van der Waals surface area (Å²) in [6.07, 6.45) is 3.32. The van der Waals surface area contributed by atoms with Crippen molar-refractivity contribution in [3.05, 3.63) is 29.2 Å². The molecule has 0 bridgehead atoms. The summed E-state index contributed by atoms with van der Waals surface area (Å²) in [6, 6.07) is 4.21. The third-order valence-corrected chi connectivity index (χ3v) is 5.93. The Hall–Kier alpha value is -2.68. The van der Waals surface area contributed by atoms with Crippen LogP contribution in [0.5, 0.6) is 0 Å². The summed E-state index contributed by atoms with van der Waals surface area (Å²) in [6.45, 7) is 11.0. The number of nitrogens with one attached hydrogen (secondary N) is 2. The monoisotopic (exact) mass is 415 g/mol. The first-order chi connectivity index (χ1) is 14.4. The Kier molecular flexibility index (Phi) is 7.25. The largest absolute Gasteiger partial charge is 0.370 e. The van der Waals surface area contributed by atoms with E-state index >= 15 is 0 Å². The van der Waals surface area contributed by atoms with Gasteiger partial charge in [0.1, 0.15) is 5.82 Å². The number of amides is 1. The van der Waals surface area contributed by atoms with Crippen LogP contribution in [0.3, 0.4) is 0 Å². The van der Waals surface area contributed by atoms with Gasteiger partial charge in [-0.15, -0.1) is 0 Å². The van der Waals surface area contributed by atoms with Gasteiger partial charge in [-0.05, 0) is 50.2 Å². The van der Waals surface area contributed by atoms with Crippen molar-refractivity contribution in [3.63, 3.8) is 0 Å². The van der Waals surface area contributed by atoms with Crippen LogP contribution in [-0.2, 0) is 0 Å². The lowest BCUT2D eigenvalue weighted by molar-refractivity contribution is 0.0952.